The van der Waals surface area contributed by atoms with Crippen LogP contribution in [0.4, 0.5) is 0 Å². The van der Waals surface area contributed by atoms with E-state index in [1.165, 1.54) is 12.8 Å². The molecule has 110 valence electrons. The second-order valence-corrected chi connectivity index (χ2v) is 5.75. The van der Waals surface area contributed by atoms with Crippen LogP contribution < -0.4 is 0 Å². The summed E-state index contributed by atoms with van der Waals surface area (Å²) < 4.78 is 0. The van der Waals surface area contributed by atoms with Crippen LogP contribution in [-0.4, -0.2) is 35.0 Å². The molecule has 0 bridgehead atoms. The molecule has 0 aromatic rings. The molecule has 0 spiro atoms. The first-order valence-corrected chi connectivity index (χ1v) is 7.50. The molecule has 19 heavy (non-hydrogen) atoms. The van der Waals surface area contributed by atoms with Gasteiger partial charge in [-0.2, -0.15) is 0 Å². The van der Waals surface area contributed by atoms with Gasteiger partial charge in [-0.15, -0.1) is 0 Å². The molecule has 1 fully saturated rings. The first-order chi connectivity index (χ1) is 8.99. The van der Waals surface area contributed by atoms with Crippen LogP contribution in [0.15, 0.2) is 0 Å². The van der Waals surface area contributed by atoms with Gasteiger partial charge in [0.2, 0.25) is 5.91 Å². The van der Waals surface area contributed by atoms with Crippen LogP contribution in [0.25, 0.3) is 0 Å². The summed E-state index contributed by atoms with van der Waals surface area (Å²) in [6.07, 6.45) is 4.50. The first-order valence-electron chi connectivity index (χ1n) is 7.50. The molecule has 1 aliphatic carbocycles. The molecule has 0 aromatic carbocycles. The van der Waals surface area contributed by atoms with E-state index in [4.69, 9.17) is 0 Å². The Kier molecular flexibility index (Phi) is 5.83. The van der Waals surface area contributed by atoms with E-state index in [0.717, 1.165) is 19.5 Å². The summed E-state index contributed by atoms with van der Waals surface area (Å²) in [5.41, 5.74) is -0.882. The zero-order valence-electron chi connectivity index (χ0n) is 12.4. The Morgan fingerprint density at radius 1 is 1.21 bits per heavy atom. The van der Waals surface area contributed by atoms with Crippen LogP contribution in [-0.2, 0) is 9.59 Å². The maximum absolute atomic E-state index is 12.4. The predicted octanol–water partition coefficient (Wildman–Crippen LogP) is 2.92. The van der Waals surface area contributed by atoms with Gasteiger partial charge >= 0.3 is 5.97 Å². The Morgan fingerprint density at radius 2 is 1.79 bits per heavy atom. The highest BCUT2D eigenvalue weighted by atomic mass is 16.4. The van der Waals surface area contributed by atoms with Gasteiger partial charge in [0, 0.05) is 19.5 Å². The van der Waals surface area contributed by atoms with Gasteiger partial charge in [0.25, 0.3) is 0 Å². The SMILES string of the molecule is CCCN(CC1CC1)C(=O)CC(CC)(CC)C(=O)O. The molecule has 1 aliphatic rings. The minimum Gasteiger partial charge on any atom is -0.481 e. The van der Waals surface area contributed by atoms with Gasteiger partial charge < -0.3 is 10.0 Å². The normalized spacial score (nSPS) is 15.3. The fraction of sp³-hybridized carbons (Fsp3) is 0.867. The van der Waals surface area contributed by atoms with Crippen molar-refractivity contribution in [2.75, 3.05) is 13.1 Å². The van der Waals surface area contributed by atoms with Crippen LogP contribution in [0.2, 0.25) is 0 Å². The summed E-state index contributed by atoms with van der Waals surface area (Å²) in [5, 5.41) is 9.41. The van der Waals surface area contributed by atoms with Crippen LogP contribution >= 0.6 is 0 Å². The van der Waals surface area contributed by atoms with E-state index in [1.54, 1.807) is 0 Å². The third-order valence-corrected chi connectivity index (χ3v) is 4.32. The molecular weight excluding hydrogens is 242 g/mol. The highest BCUT2D eigenvalue weighted by molar-refractivity contribution is 5.85. The second-order valence-electron chi connectivity index (χ2n) is 5.75. The van der Waals surface area contributed by atoms with Gasteiger partial charge in [-0.05, 0) is 38.0 Å². The Morgan fingerprint density at radius 3 is 2.16 bits per heavy atom. The highest BCUT2D eigenvalue weighted by Gasteiger charge is 2.39. The van der Waals surface area contributed by atoms with Gasteiger partial charge in [-0.1, -0.05) is 20.8 Å². The third kappa shape index (κ3) is 4.22. The molecule has 0 atom stereocenters. The number of aliphatic carboxylic acids is 1. The molecular formula is C15H27NO3. The van der Waals surface area contributed by atoms with Gasteiger partial charge in [0.05, 0.1) is 5.41 Å². The van der Waals surface area contributed by atoms with E-state index in [1.807, 2.05) is 18.7 Å². The minimum atomic E-state index is -0.882. The summed E-state index contributed by atoms with van der Waals surface area (Å²) in [5.74, 6) is -0.174. The van der Waals surface area contributed by atoms with Crippen molar-refractivity contribution < 1.29 is 14.7 Å². The molecule has 0 aromatic heterocycles. The standard InChI is InChI=1S/C15H27NO3/c1-4-9-16(11-12-7-8-12)13(17)10-15(5-2,6-3)14(18)19/h12H,4-11H2,1-3H3,(H,18,19). The smallest absolute Gasteiger partial charge is 0.310 e. The molecule has 1 N–H and O–H groups in total. The molecule has 4 nitrogen and oxygen atoms in total. The average molecular weight is 269 g/mol. The molecule has 0 radical (unpaired) electrons. The Labute approximate surface area is 116 Å². The van der Waals surface area contributed by atoms with Crippen molar-refractivity contribution in [3.63, 3.8) is 0 Å². The lowest BCUT2D eigenvalue weighted by molar-refractivity contribution is -0.154. The van der Waals surface area contributed by atoms with Crippen LogP contribution in [0.1, 0.15) is 59.3 Å². The molecule has 0 unspecified atom stereocenters. The maximum atomic E-state index is 12.4. The number of amides is 1. The number of hydrogen-bond donors (Lipinski definition) is 1. The zero-order valence-corrected chi connectivity index (χ0v) is 12.4. The van der Waals surface area contributed by atoms with E-state index < -0.39 is 11.4 Å². The zero-order chi connectivity index (χ0) is 14.5. The third-order valence-electron chi connectivity index (χ3n) is 4.32. The van der Waals surface area contributed by atoms with Crippen molar-refractivity contribution in [3.05, 3.63) is 0 Å². The fourth-order valence-corrected chi connectivity index (χ4v) is 2.48. The average Bonchev–Trinajstić information content (AvgIpc) is 3.19. The van der Waals surface area contributed by atoms with Crippen molar-refractivity contribution >= 4 is 11.9 Å². The van der Waals surface area contributed by atoms with Gasteiger partial charge in [-0.25, -0.2) is 0 Å². The van der Waals surface area contributed by atoms with E-state index in [-0.39, 0.29) is 12.3 Å². The van der Waals surface area contributed by atoms with Crippen molar-refractivity contribution in [2.45, 2.75) is 59.3 Å². The number of carbonyl (C=O) groups is 2. The van der Waals surface area contributed by atoms with E-state index in [0.29, 0.717) is 18.8 Å². The van der Waals surface area contributed by atoms with E-state index >= 15 is 0 Å². The quantitative estimate of drug-likeness (QED) is 0.700. The Hall–Kier alpha value is -1.06. The monoisotopic (exact) mass is 269 g/mol. The van der Waals surface area contributed by atoms with Gasteiger partial charge in [0.15, 0.2) is 0 Å². The molecule has 1 rings (SSSR count). The number of rotatable bonds is 9. The fourth-order valence-electron chi connectivity index (χ4n) is 2.48. The van der Waals surface area contributed by atoms with Gasteiger partial charge in [-0.3, -0.25) is 9.59 Å². The Balaban J connectivity index is 2.69. The van der Waals surface area contributed by atoms with Crippen molar-refractivity contribution in [2.24, 2.45) is 11.3 Å². The number of hydrogen-bond acceptors (Lipinski definition) is 2. The minimum absolute atomic E-state index is 0.0138. The first kappa shape index (κ1) is 16.0. The lowest BCUT2D eigenvalue weighted by atomic mass is 9.79. The topological polar surface area (TPSA) is 57.6 Å². The predicted molar refractivity (Wildman–Crippen MR) is 74.9 cm³/mol. The number of carbonyl (C=O) groups excluding carboxylic acids is 1. The highest BCUT2D eigenvalue weighted by Crippen LogP contribution is 2.34. The second kappa shape index (κ2) is 6.92. The maximum Gasteiger partial charge on any atom is 0.310 e. The van der Waals surface area contributed by atoms with Crippen molar-refractivity contribution in [3.8, 4) is 0 Å². The summed E-state index contributed by atoms with van der Waals surface area (Å²) in [7, 11) is 0. The molecule has 1 amide bonds. The van der Waals surface area contributed by atoms with Gasteiger partial charge in [0.1, 0.15) is 0 Å². The van der Waals surface area contributed by atoms with Crippen LogP contribution in [0, 0.1) is 11.3 Å². The van der Waals surface area contributed by atoms with Crippen molar-refractivity contribution in [1.29, 1.82) is 0 Å². The van der Waals surface area contributed by atoms with Crippen molar-refractivity contribution in [1.82, 2.24) is 4.90 Å². The number of carboxylic acid groups (broad SMARTS) is 1. The number of nitrogens with zero attached hydrogens (tertiary/aromatic N) is 1. The molecule has 0 heterocycles. The summed E-state index contributed by atoms with van der Waals surface area (Å²) in [6.45, 7) is 7.33. The van der Waals surface area contributed by atoms with E-state index in [2.05, 4.69) is 6.92 Å². The lowest BCUT2D eigenvalue weighted by Gasteiger charge is -2.30. The summed E-state index contributed by atoms with van der Waals surface area (Å²) >= 11 is 0. The molecule has 0 aliphatic heterocycles. The van der Waals surface area contributed by atoms with Crippen LogP contribution in [0.3, 0.4) is 0 Å². The molecule has 1 saturated carbocycles. The number of carboxylic acids is 1. The van der Waals surface area contributed by atoms with Crippen LogP contribution in [0.5, 0.6) is 0 Å². The summed E-state index contributed by atoms with van der Waals surface area (Å²) in [4.78, 5) is 25.7. The Bertz CT molecular complexity index is 319. The molecule has 4 heteroatoms. The van der Waals surface area contributed by atoms with E-state index in [9.17, 15) is 14.7 Å². The summed E-state index contributed by atoms with van der Waals surface area (Å²) in [6, 6.07) is 0. The largest absolute Gasteiger partial charge is 0.481 e. The molecule has 0 saturated heterocycles. The lowest BCUT2D eigenvalue weighted by Crippen LogP contribution is -2.40.